The molecule has 0 aromatic rings. The number of carbonyl (C=O) groups is 1. The highest BCUT2D eigenvalue weighted by molar-refractivity contribution is 5.69. The fraction of sp³-hybridized carbons (Fsp3) is 0.851. The first kappa shape index (κ1) is 52.4. The van der Waals surface area contributed by atoms with E-state index in [2.05, 4.69) is 50.3 Å². The van der Waals surface area contributed by atoms with Crippen LogP contribution in [0.4, 0.5) is 0 Å². The number of hydrogen-bond acceptors (Lipinski definition) is 9. The Bertz CT molecular complexity index is 952. The van der Waals surface area contributed by atoms with Crippen LogP contribution in [0.25, 0.3) is 0 Å². The maximum absolute atomic E-state index is 12.8. The van der Waals surface area contributed by atoms with Gasteiger partial charge in [-0.3, -0.25) is 4.79 Å². The lowest BCUT2D eigenvalue weighted by molar-refractivity contribution is -0.305. The van der Waals surface area contributed by atoms with Crippen molar-refractivity contribution in [3.63, 3.8) is 0 Å². The molecule has 6 atom stereocenters. The topological polar surface area (TPSA) is 135 Å². The predicted molar refractivity (Wildman–Crippen MR) is 228 cm³/mol. The second-order valence-electron chi connectivity index (χ2n) is 15.8. The van der Waals surface area contributed by atoms with E-state index >= 15 is 0 Å². The van der Waals surface area contributed by atoms with Gasteiger partial charge in [0.2, 0.25) is 0 Å². The maximum atomic E-state index is 12.8. The molecule has 1 aliphatic heterocycles. The second kappa shape index (κ2) is 38.9. The highest BCUT2D eigenvalue weighted by Gasteiger charge is 2.44. The van der Waals surface area contributed by atoms with E-state index in [-0.39, 0.29) is 19.2 Å². The normalized spacial score (nSPS) is 20.9. The first-order chi connectivity index (χ1) is 27.4. The van der Waals surface area contributed by atoms with Crippen LogP contribution in [-0.2, 0) is 23.7 Å². The van der Waals surface area contributed by atoms with Gasteiger partial charge >= 0.3 is 5.97 Å². The molecule has 1 aliphatic rings. The summed E-state index contributed by atoms with van der Waals surface area (Å²) in [6, 6.07) is 0. The van der Waals surface area contributed by atoms with E-state index in [4.69, 9.17) is 18.9 Å². The molecule has 328 valence electrons. The Kier molecular flexibility index (Phi) is 36.4. The molecule has 9 heteroatoms. The van der Waals surface area contributed by atoms with Gasteiger partial charge in [-0.25, -0.2) is 0 Å². The van der Waals surface area contributed by atoms with E-state index < -0.39 is 43.4 Å². The summed E-state index contributed by atoms with van der Waals surface area (Å²) in [5.74, 6) is -0.326. The van der Waals surface area contributed by atoms with Crippen molar-refractivity contribution in [3.05, 3.63) is 36.5 Å². The average molecular weight is 795 g/mol. The Morgan fingerprint density at radius 1 is 0.571 bits per heavy atom. The number of esters is 1. The fourth-order valence-electron chi connectivity index (χ4n) is 6.87. The van der Waals surface area contributed by atoms with Gasteiger partial charge in [-0.2, -0.15) is 0 Å². The van der Waals surface area contributed by atoms with Crippen LogP contribution < -0.4 is 0 Å². The van der Waals surface area contributed by atoms with Crippen molar-refractivity contribution in [3.8, 4) is 0 Å². The molecule has 9 nitrogen and oxygen atoms in total. The van der Waals surface area contributed by atoms with Gasteiger partial charge in [0.25, 0.3) is 0 Å². The molecule has 0 amide bonds. The molecule has 1 heterocycles. The molecule has 0 bridgehead atoms. The number of aliphatic hydroxyl groups excluding tert-OH is 4. The Morgan fingerprint density at radius 3 is 1.57 bits per heavy atom. The maximum Gasteiger partial charge on any atom is 0.306 e. The molecule has 0 radical (unpaired) electrons. The molecule has 0 spiro atoms. The molecule has 0 aromatic heterocycles. The van der Waals surface area contributed by atoms with Crippen LogP contribution in [-0.4, -0.2) is 89.6 Å². The Labute approximate surface area is 342 Å². The molecular formula is C47H86O9. The molecule has 6 unspecified atom stereocenters. The molecule has 1 saturated heterocycles. The lowest BCUT2D eigenvalue weighted by Gasteiger charge is -2.39. The highest BCUT2D eigenvalue weighted by atomic mass is 16.7. The zero-order valence-corrected chi connectivity index (χ0v) is 35.9. The van der Waals surface area contributed by atoms with E-state index in [1.807, 2.05) is 0 Å². The lowest BCUT2D eigenvalue weighted by Crippen LogP contribution is -2.59. The number of rotatable bonds is 39. The number of hydrogen-bond donors (Lipinski definition) is 4. The third-order valence-corrected chi connectivity index (χ3v) is 10.5. The zero-order valence-electron chi connectivity index (χ0n) is 35.9. The molecular weight excluding hydrogens is 709 g/mol. The van der Waals surface area contributed by atoms with Crippen LogP contribution >= 0.6 is 0 Å². The highest BCUT2D eigenvalue weighted by Crippen LogP contribution is 2.22. The molecule has 56 heavy (non-hydrogen) atoms. The van der Waals surface area contributed by atoms with Crippen molar-refractivity contribution in [1.82, 2.24) is 0 Å². The van der Waals surface area contributed by atoms with Crippen molar-refractivity contribution >= 4 is 5.97 Å². The SMILES string of the molecule is CCCCCC/C=C\C/C=C\CCCCCCCCOCC(COC1OC(CO)C(O)C(O)C1O)OC(=O)CCCCCCC/C=C\CCCCCCCCC. The van der Waals surface area contributed by atoms with E-state index in [9.17, 15) is 25.2 Å². The van der Waals surface area contributed by atoms with Crippen LogP contribution in [0.3, 0.4) is 0 Å². The Balaban J connectivity index is 2.27. The summed E-state index contributed by atoms with van der Waals surface area (Å²) >= 11 is 0. The fourth-order valence-corrected chi connectivity index (χ4v) is 6.87. The van der Waals surface area contributed by atoms with Crippen molar-refractivity contribution in [1.29, 1.82) is 0 Å². The first-order valence-corrected chi connectivity index (χ1v) is 23.1. The summed E-state index contributed by atoms with van der Waals surface area (Å²) in [6.07, 6.45) is 38.8. The van der Waals surface area contributed by atoms with Gasteiger partial charge in [-0.1, -0.05) is 153 Å². The van der Waals surface area contributed by atoms with Gasteiger partial charge in [0.1, 0.15) is 30.5 Å². The summed E-state index contributed by atoms with van der Waals surface area (Å²) in [7, 11) is 0. The minimum Gasteiger partial charge on any atom is -0.457 e. The minimum atomic E-state index is -1.54. The van der Waals surface area contributed by atoms with Crippen molar-refractivity contribution in [2.45, 2.75) is 230 Å². The van der Waals surface area contributed by atoms with Gasteiger partial charge in [-0.15, -0.1) is 0 Å². The van der Waals surface area contributed by atoms with Crippen molar-refractivity contribution in [2.75, 3.05) is 26.4 Å². The van der Waals surface area contributed by atoms with Gasteiger partial charge in [0, 0.05) is 13.0 Å². The van der Waals surface area contributed by atoms with Crippen LogP contribution in [0.2, 0.25) is 0 Å². The monoisotopic (exact) mass is 795 g/mol. The van der Waals surface area contributed by atoms with Gasteiger partial charge < -0.3 is 39.4 Å². The van der Waals surface area contributed by atoms with Gasteiger partial charge in [0.15, 0.2) is 6.29 Å². The molecule has 0 aromatic carbocycles. The molecule has 1 fully saturated rings. The summed E-state index contributed by atoms with van der Waals surface area (Å²) < 4.78 is 22.8. The Morgan fingerprint density at radius 2 is 1.04 bits per heavy atom. The molecule has 4 N–H and O–H groups in total. The van der Waals surface area contributed by atoms with E-state index in [1.54, 1.807) is 0 Å². The minimum absolute atomic E-state index is 0.120. The van der Waals surface area contributed by atoms with Gasteiger partial charge in [-0.05, 0) is 70.6 Å². The summed E-state index contributed by atoms with van der Waals surface area (Å²) in [4.78, 5) is 12.8. The number of carbonyl (C=O) groups excluding carboxylic acids is 1. The number of unbranched alkanes of at least 4 members (excludes halogenated alkanes) is 22. The second-order valence-corrected chi connectivity index (χ2v) is 15.8. The number of allylic oxidation sites excluding steroid dienone is 6. The third-order valence-electron chi connectivity index (χ3n) is 10.5. The van der Waals surface area contributed by atoms with Crippen molar-refractivity contribution in [2.24, 2.45) is 0 Å². The predicted octanol–water partition coefficient (Wildman–Crippen LogP) is 10.4. The summed E-state index contributed by atoms with van der Waals surface area (Å²) in [6.45, 7) is 4.51. The third kappa shape index (κ3) is 29.6. The van der Waals surface area contributed by atoms with E-state index in [1.165, 1.54) is 109 Å². The average Bonchev–Trinajstić information content (AvgIpc) is 3.20. The van der Waals surface area contributed by atoms with Crippen LogP contribution in [0.5, 0.6) is 0 Å². The van der Waals surface area contributed by atoms with E-state index in [0.717, 1.165) is 64.2 Å². The summed E-state index contributed by atoms with van der Waals surface area (Å²) in [5.41, 5.74) is 0. The lowest BCUT2D eigenvalue weighted by atomic mass is 9.99. The first-order valence-electron chi connectivity index (χ1n) is 23.1. The van der Waals surface area contributed by atoms with Crippen LogP contribution in [0.15, 0.2) is 36.5 Å². The Hall–Kier alpha value is -1.59. The number of aliphatic hydroxyl groups is 4. The van der Waals surface area contributed by atoms with Crippen LogP contribution in [0.1, 0.15) is 194 Å². The van der Waals surface area contributed by atoms with E-state index in [0.29, 0.717) is 13.0 Å². The zero-order chi connectivity index (χ0) is 40.7. The molecule has 0 aliphatic carbocycles. The molecule has 1 rings (SSSR count). The van der Waals surface area contributed by atoms with Crippen LogP contribution in [0, 0.1) is 0 Å². The van der Waals surface area contributed by atoms with Crippen molar-refractivity contribution < 1.29 is 44.2 Å². The largest absolute Gasteiger partial charge is 0.457 e. The standard InChI is InChI=1S/C47H86O9/c1-3-5-7-9-11-13-15-17-19-21-23-25-27-29-31-33-35-37-53-39-41(40-54-47-46(52)45(51)44(50)42(38-48)56-47)55-43(49)36-34-32-30-28-26-24-22-20-18-16-14-12-10-8-6-4-2/h13,15,19-22,41-42,44-48,50-52H,3-12,14,16-18,23-40H2,1-2H3/b15-13-,21-19-,22-20-. The quantitative estimate of drug-likeness (QED) is 0.0272. The van der Waals surface area contributed by atoms with Gasteiger partial charge in [0.05, 0.1) is 19.8 Å². The number of ether oxygens (including phenoxy) is 4. The molecule has 0 saturated carbocycles. The summed E-state index contributed by atoms with van der Waals surface area (Å²) in [5, 5.41) is 40.1. The smallest absolute Gasteiger partial charge is 0.306 e.